The van der Waals surface area contributed by atoms with E-state index in [9.17, 15) is 4.79 Å². The normalized spacial score (nSPS) is 10.9. The molecule has 0 atom stereocenters. The van der Waals surface area contributed by atoms with Crippen molar-refractivity contribution in [1.82, 2.24) is 20.1 Å². The lowest BCUT2D eigenvalue weighted by atomic mass is 10.3. The first-order valence-electron chi connectivity index (χ1n) is 8.84. The summed E-state index contributed by atoms with van der Waals surface area (Å²) in [5.74, 6) is 1.42. The van der Waals surface area contributed by atoms with Gasteiger partial charge in [-0.05, 0) is 38.1 Å². The summed E-state index contributed by atoms with van der Waals surface area (Å²) >= 11 is 7.50. The summed E-state index contributed by atoms with van der Waals surface area (Å²) in [4.78, 5) is 12.0. The maximum atomic E-state index is 12.0. The summed E-state index contributed by atoms with van der Waals surface area (Å²) in [6.07, 6.45) is 0. The molecule has 0 spiro atoms. The molecule has 3 aromatic rings. The van der Waals surface area contributed by atoms with Crippen molar-refractivity contribution in [2.24, 2.45) is 0 Å². The number of benzene rings is 2. The van der Waals surface area contributed by atoms with Gasteiger partial charge in [-0.25, -0.2) is 0 Å². The highest BCUT2D eigenvalue weighted by atomic mass is 35.5. The number of nitrogens with one attached hydrogen (secondary N) is 1. The second kappa shape index (κ2) is 9.61. The fourth-order valence-corrected chi connectivity index (χ4v) is 3.49. The number of aromatic nitrogens is 3. The monoisotopic (exact) mass is 416 g/mol. The second-order valence-electron chi connectivity index (χ2n) is 6.30. The third-order valence-electron chi connectivity index (χ3n) is 3.69. The number of thioether (sulfide) groups is 1. The van der Waals surface area contributed by atoms with Crippen LogP contribution in [0.15, 0.2) is 59.8 Å². The molecule has 1 amide bonds. The van der Waals surface area contributed by atoms with Crippen molar-refractivity contribution in [1.29, 1.82) is 0 Å². The highest BCUT2D eigenvalue weighted by molar-refractivity contribution is 7.99. The fourth-order valence-electron chi connectivity index (χ4n) is 2.52. The molecule has 0 radical (unpaired) electrons. The molecule has 0 aliphatic rings. The molecule has 0 bridgehead atoms. The van der Waals surface area contributed by atoms with Crippen LogP contribution >= 0.6 is 23.4 Å². The number of carbonyl (C=O) groups is 1. The molecule has 8 heteroatoms. The molecule has 1 heterocycles. The molecule has 2 aromatic carbocycles. The standard InChI is InChI=1S/C20H21ClN4O2S/c1-14(2)22-19(26)13-28-20-24-23-18(25(20)15-8-4-3-5-9-15)12-27-17-11-7-6-10-16(17)21/h3-11,14H,12-13H2,1-2H3,(H,22,26). The summed E-state index contributed by atoms with van der Waals surface area (Å²) in [6, 6.07) is 17.1. The smallest absolute Gasteiger partial charge is 0.230 e. The first-order chi connectivity index (χ1) is 13.5. The van der Waals surface area contributed by atoms with Crippen LogP contribution in [0.5, 0.6) is 5.75 Å². The van der Waals surface area contributed by atoms with Crippen LogP contribution in [-0.2, 0) is 11.4 Å². The minimum atomic E-state index is -0.0449. The van der Waals surface area contributed by atoms with Crippen LogP contribution in [0.2, 0.25) is 5.02 Å². The number of carbonyl (C=O) groups excluding carboxylic acids is 1. The molecular formula is C20H21ClN4O2S. The van der Waals surface area contributed by atoms with Gasteiger partial charge in [-0.1, -0.05) is 53.7 Å². The van der Waals surface area contributed by atoms with Crippen molar-refractivity contribution in [2.45, 2.75) is 31.7 Å². The number of halogens is 1. The minimum absolute atomic E-state index is 0.0449. The number of hydrogen-bond donors (Lipinski definition) is 1. The molecule has 1 N–H and O–H groups in total. The molecule has 1 aromatic heterocycles. The number of para-hydroxylation sites is 2. The van der Waals surface area contributed by atoms with Crippen molar-refractivity contribution in [3.63, 3.8) is 0 Å². The van der Waals surface area contributed by atoms with Gasteiger partial charge in [0, 0.05) is 11.7 Å². The molecule has 0 fully saturated rings. The van der Waals surface area contributed by atoms with E-state index in [1.165, 1.54) is 11.8 Å². The van der Waals surface area contributed by atoms with E-state index in [-0.39, 0.29) is 24.3 Å². The lowest BCUT2D eigenvalue weighted by Gasteiger charge is -2.12. The van der Waals surface area contributed by atoms with E-state index in [0.717, 1.165) is 5.69 Å². The maximum absolute atomic E-state index is 12.0. The molecule has 0 aliphatic heterocycles. The predicted molar refractivity (Wildman–Crippen MR) is 111 cm³/mol. The summed E-state index contributed by atoms with van der Waals surface area (Å²) < 4.78 is 7.73. The zero-order valence-corrected chi connectivity index (χ0v) is 17.2. The Balaban J connectivity index is 1.81. The lowest BCUT2D eigenvalue weighted by Crippen LogP contribution is -2.31. The minimum Gasteiger partial charge on any atom is -0.484 e. The topological polar surface area (TPSA) is 69.0 Å². The van der Waals surface area contributed by atoms with Crippen molar-refractivity contribution >= 4 is 29.3 Å². The summed E-state index contributed by atoms with van der Waals surface area (Å²) in [7, 11) is 0. The van der Waals surface area contributed by atoms with Gasteiger partial charge in [0.1, 0.15) is 12.4 Å². The summed E-state index contributed by atoms with van der Waals surface area (Å²) in [5.41, 5.74) is 0.900. The van der Waals surface area contributed by atoms with Gasteiger partial charge in [0.25, 0.3) is 0 Å². The molecular weight excluding hydrogens is 396 g/mol. The largest absolute Gasteiger partial charge is 0.484 e. The zero-order chi connectivity index (χ0) is 19.9. The SMILES string of the molecule is CC(C)NC(=O)CSc1nnc(COc2ccccc2Cl)n1-c1ccccc1. The predicted octanol–water partition coefficient (Wildman–Crippen LogP) is 4.12. The Hall–Kier alpha value is -2.51. The highest BCUT2D eigenvalue weighted by Crippen LogP contribution is 2.26. The molecule has 0 saturated carbocycles. The summed E-state index contributed by atoms with van der Waals surface area (Å²) in [6.45, 7) is 4.06. The Bertz CT molecular complexity index is 931. The molecule has 28 heavy (non-hydrogen) atoms. The Morgan fingerprint density at radius 1 is 1.14 bits per heavy atom. The fraction of sp³-hybridized carbons (Fsp3) is 0.250. The number of rotatable bonds is 8. The van der Waals surface area contributed by atoms with Crippen LogP contribution in [0, 0.1) is 0 Å². The van der Waals surface area contributed by atoms with Crippen molar-refractivity contribution in [3.05, 3.63) is 65.4 Å². The van der Waals surface area contributed by atoms with Crippen molar-refractivity contribution in [2.75, 3.05) is 5.75 Å². The number of hydrogen-bond acceptors (Lipinski definition) is 5. The Kier molecular flexibility index (Phi) is 6.95. The van der Waals surface area contributed by atoms with E-state index in [4.69, 9.17) is 16.3 Å². The Labute approximate surface area is 173 Å². The van der Waals surface area contributed by atoms with Gasteiger partial charge < -0.3 is 10.1 Å². The second-order valence-corrected chi connectivity index (χ2v) is 7.65. The molecule has 0 saturated heterocycles. The van der Waals surface area contributed by atoms with E-state index in [2.05, 4.69) is 15.5 Å². The van der Waals surface area contributed by atoms with Gasteiger partial charge in [-0.2, -0.15) is 0 Å². The lowest BCUT2D eigenvalue weighted by molar-refractivity contribution is -0.119. The average Bonchev–Trinajstić information content (AvgIpc) is 3.09. The van der Waals surface area contributed by atoms with Gasteiger partial charge in [0.15, 0.2) is 11.0 Å². The van der Waals surface area contributed by atoms with Gasteiger partial charge in [0.2, 0.25) is 5.91 Å². The molecule has 6 nitrogen and oxygen atoms in total. The van der Waals surface area contributed by atoms with Crippen molar-refractivity contribution < 1.29 is 9.53 Å². The number of amides is 1. The van der Waals surface area contributed by atoms with Gasteiger partial charge in [-0.15, -0.1) is 10.2 Å². The molecule has 0 unspecified atom stereocenters. The molecule has 0 aliphatic carbocycles. The zero-order valence-electron chi connectivity index (χ0n) is 15.6. The van der Waals surface area contributed by atoms with Crippen LogP contribution < -0.4 is 10.1 Å². The Morgan fingerprint density at radius 3 is 2.57 bits per heavy atom. The number of ether oxygens (including phenoxy) is 1. The van der Waals surface area contributed by atoms with Gasteiger partial charge in [0.05, 0.1) is 10.8 Å². The van der Waals surface area contributed by atoms with Gasteiger partial charge >= 0.3 is 0 Å². The summed E-state index contributed by atoms with van der Waals surface area (Å²) in [5, 5.41) is 12.6. The van der Waals surface area contributed by atoms with Crippen LogP contribution in [-0.4, -0.2) is 32.5 Å². The molecule has 146 valence electrons. The van der Waals surface area contributed by atoms with Crippen LogP contribution in [0.25, 0.3) is 5.69 Å². The Morgan fingerprint density at radius 2 is 1.86 bits per heavy atom. The maximum Gasteiger partial charge on any atom is 0.230 e. The third-order valence-corrected chi connectivity index (χ3v) is 4.93. The first kappa shape index (κ1) is 20.2. The van der Waals surface area contributed by atoms with E-state index in [1.807, 2.05) is 60.9 Å². The van der Waals surface area contributed by atoms with Gasteiger partial charge in [-0.3, -0.25) is 9.36 Å². The van der Waals surface area contributed by atoms with E-state index in [1.54, 1.807) is 12.1 Å². The van der Waals surface area contributed by atoms with E-state index < -0.39 is 0 Å². The quantitative estimate of drug-likeness (QED) is 0.559. The average molecular weight is 417 g/mol. The van der Waals surface area contributed by atoms with Crippen LogP contribution in [0.3, 0.4) is 0 Å². The first-order valence-corrected chi connectivity index (χ1v) is 10.2. The van der Waals surface area contributed by atoms with E-state index in [0.29, 0.717) is 21.8 Å². The van der Waals surface area contributed by atoms with Crippen molar-refractivity contribution in [3.8, 4) is 11.4 Å². The van der Waals surface area contributed by atoms with E-state index >= 15 is 0 Å². The highest BCUT2D eigenvalue weighted by Gasteiger charge is 2.17. The van der Waals surface area contributed by atoms with Crippen LogP contribution in [0.4, 0.5) is 0 Å². The van der Waals surface area contributed by atoms with Crippen LogP contribution in [0.1, 0.15) is 19.7 Å². The third kappa shape index (κ3) is 5.27. The number of nitrogens with zero attached hydrogens (tertiary/aromatic N) is 3. The molecule has 3 rings (SSSR count).